The van der Waals surface area contributed by atoms with Gasteiger partial charge in [0.1, 0.15) is 10.7 Å². The summed E-state index contributed by atoms with van der Waals surface area (Å²) in [6.45, 7) is 1.02. The Balaban J connectivity index is 1.63. The molecule has 0 saturated carbocycles. The number of carbonyl (C=O) groups is 1. The van der Waals surface area contributed by atoms with Gasteiger partial charge in [0.05, 0.1) is 6.61 Å². The van der Waals surface area contributed by atoms with Gasteiger partial charge in [0, 0.05) is 25.0 Å². The van der Waals surface area contributed by atoms with Gasteiger partial charge in [-0.05, 0) is 17.5 Å². The van der Waals surface area contributed by atoms with E-state index < -0.39 is 0 Å². The van der Waals surface area contributed by atoms with Gasteiger partial charge in [0.15, 0.2) is 0 Å². The molecule has 0 fully saturated rings. The Kier molecular flexibility index (Phi) is 6.52. The first-order valence-electron chi connectivity index (χ1n) is 8.59. The van der Waals surface area contributed by atoms with Crippen LogP contribution < -0.4 is 5.32 Å². The molecular formula is C21H22N2O2S. The third-order valence-electron chi connectivity index (χ3n) is 4.17. The number of hydrogen-bond donors (Lipinski definition) is 1. The molecule has 0 unspecified atom stereocenters. The van der Waals surface area contributed by atoms with Crippen molar-refractivity contribution >= 4 is 17.2 Å². The van der Waals surface area contributed by atoms with E-state index in [0.29, 0.717) is 18.8 Å². The number of methoxy groups -OCH3 is 1. The second-order valence-electron chi connectivity index (χ2n) is 5.98. The molecule has 1 aromatic heterocycles. The lowest BCUT2D eigenvalue weighted by Gasteiger charge is -2.18. The summed E-state index contributed by atoms with van der Waals surface area (Å²) in [5, 5.41) is 5.57. The molecule has 0 bridgehead atoms. The van der Waals surface area contributed by atoms with Gasteiger partial charge in [-0.3, -0.25) is 4.79 Å². The van der Waals surface area contributed by atoms with E-state index in [-0.39, 0.29) is 11.8 Å². The maximum atomic E-state index is 12.3. The quantitative estimate of drug-likeness (QED) is 0.649. The Hall–Kier alpha value is -2.50. The van der Waals surface area contributed by atoms with E-state index in [4.69, 9.17) is 4.74 Å². The molecule has 1 heterocycles. The number of amides is 1. The Morgan fingerprint density at radius 1 is 1.08 bits per heavy atom. The van der Waals surface area contributed by atoms with Crippen LogP contribution in [0.2, 0.25) is 0 Å². The van der Waals surface area contributed by atoms with Crippen molar-refractivity contribution in [1.82, 2.24) is 10.3 Å². The minimum atomic E-state index is -0.136. The summed E-state index contributed by atoms with van der Waals surface area (Å²) in [6, 6.07) is 20.8. The third-order valence-corrected chi connectivity index (χ3v) is 5.00. The first-order chi connectivity index (χ1) is 12.8. The van der Waals surface area contributed by atoms with Gasteiger partial charge in [-0.15, -0.1) is 11.3 Å². The molecule has 0 aliphatic carbocycles. The van der Waals surface area contributed by atoms with Gasteiger partial charge >= 0.3 is 0 Å². The normalized spacial score (nSPS) is 10.8. The van der Waals surface area contributed by atoms with Crippen LogP contribution in [0.5, 0.6) is 0 Å². The molecule has 0 spiro atoms. The number of thiazole rings is 1. The van der Waals surface area contributed by atoms with Crippen LogP contribution in [0.1, 0.15) is 39.0 Å². The second kappa shape index (κ2) is 9.27. The molecule has 2 aromatic carbocycles. The zero-order valence-corrected chi connectivity index (χ0v) is 15.5. The minimum absolute atomic E-state index is 0.136. The largest absolute Gasteiger partial charge is 0.378 e. The van der Waals surface area contributed by atoms with E-state index in [2.05, 4.69) is 58.8 Å². The van der Waals surface area contributed by atoms with E-state index in [1.54, 1.807) is 12.5 Å². The van der Waals surface area contributed by atoms with E-state index in [1.807, 2.05) is 12.1 Å². The standard InChI is InChI=1S/C21H22N2O2S/c1-25-14-20-23-19(15-26-20)21(24)22-13-12-18(16-8-4-2-5-9-16)17-10-6-3-7-11-17/h2-11,15,18H,12-14H2,1H3,(H,22,24). The summed E-state index contributed by atoms with van der Waals surface area (Å²) in [5.41, 5.74) is 2.96. The highest BCUT2D eigenvalue weighted by Gasteiger charge is 2.15. The van der Waals surface area contributed by atoms with E-state index in [9.17, 15) is 4.79 Å². The van der Waals surface area contributed by atoms with Crippen LogP contribution in [-0.2, 0) is 11.3 Å². The van der Waals surface area contributed by atoms with Gasteiger partial charge in [-0.2, -0.15) is 0 Å². The molecule has 0 aliphatic heterocycles. The first-order valence-corrected chi connectivity index (χ1v) is 9.47. The third kappa shape index (κ3) is 4.77. The van der Waals surface area contributed by atoms with Crippen molar-refractivity contribution < 1.29 is 9.53 Å². The van der Waals surface area contributed by atoms with Gasteiger partial charge in [0.25, 0.3) is 5.91 Å². The minimum Gasteiger partial charge on any atom is -0.378 e. The summed E-state index contributed by atoms with van der Waals surface area (Å²) >= 11 is 1.44. The second-order valence-corrected chi connectivity index (χ2v) is 6.92. The maximum absolute atomic E-state index is 12.3. The van der Waals surface area contributed by atoms with Crippen molar-refractivity contribution in [1.29, 1.82) is 0 Å². The van der Waals surface area contributed by atoms with Crippen LogP contribution >= 0.6 is 11.3 Å². The monoisotopic (exact) mass is 366 g/mol. The highest BCUT2D eigenvalue weighted by Crippen LogP contribution is 2.27. The Morgan fingerprint density at radius 3 is 2.27 bits per heavy atom. The number of nitrogens with one attached hydrogen (secondary N) is 1. The van der Waals surface area contributed by atoms with Crippen molar-refractivity contribution in [2.24, 2.45) is 0 Å². The highest BCUT2D eigenvalue weighted by molar-refractivity contribution is 7.09. The fourth-order valence-electron chi connectivity index (χ4n) is 2.92. The van der Waals surface area contributed by atoms with Crippen LogP contribution in [-0.4, -0.2) is 24.5 Å². The molecule has 5 heteroatoms. The topological polar surface area (TPSA) is 51.2 Å². The van der Waals surface area contributed by atoms with Gasteiger partial charge in [-0.1, -0.05) is 60.7 Å². The van der Waals surface area contributed by atoms with Crippen LogP contribution in [0.15, 0.2) is 66.0 Å². The highest BCUT2D eigenvalue weighted by atomic mass is 32.1. The predicted molar refractivity (Wildman–Crippen MR) is 105 cm³/mol. The SMILES string of the molecule is COCc1nc(C(=O)NCCC(c2ccccc2)c2ccccc2)cs1. The van der Waals surface area contributed by atoms with Crippen LogP contribution in [0.4, 0.5) is 0 Å². The number of ether oxygens (including phenoxy) is 1. The molecule has 0 radical (unpaired) electrons. The average Bonchev–Trinajstić information content (AvgIpc) is 3.16. The summed E-state index contributed by atoms with van der Waals surface area (Å²) in [7, 11) is 1.62. The summed E-state index contributed by atoms with van der Waals surface area (Å²) in [5.74, 6) is 0.112. The predicted octanol–water partition coefficient (Wildman–Crippen LogP) is 4.24. The first kappa shape index (κ1) is 18.3. The summed E-state index contributed by atoms with van der Waals surface area (Å²) in [6.07, 6.45) is 0.828. The number of rotatable bonds is 8. The van der Waals surface area contributed by atoms with Crippen molar-refractivity contribution in [3.05, 3.63) is 87.9 Å². The molecule has 134 valence electrons. The molecule has 1 amide bonds. The number of aromatic nitrogens is 1. The van der Waals surface area contributed by atoms with Gasteiger partial charge in [-0.25, -0.2) is 4.98 Å². The Bertz CT molecular complexity index is 779. The van der Waals surface area contributed by atoms with Crippen molar-refractivity contribution in [2.75, 3.05) is 13.7 Å². The molecule has 0 saturated heterocycles. The molecular weight excluding hydrogens is 344 g/mol. The molecule has 0 atom stereocenters. The number of carbonyl (C=O) groups excluding carboxylic acids is 1. The Labute approximate surface area is 157 Å². The van der Waals surface area contributed by atoms with E-state index in [1.165, 1.54) is 22.5 Å². The fourth-order valence-corrected chi connectivity index (χ4v) is 3.67. The van der Waals surface area contributed by atoms with Crippen LogP contribution in [0.25, 0.3) is 0 Å². The Morgan fingerprint density at radius 2 is 1.69 bits per heavy atom. The lowest BCUT2D eigenvalue weighted by molar-refractivity contribution is 0.0948. The zero-order valence-electron chi connectivity index (χ0n) is 14.7. The molecule has 26 heavy (non-hydrogen) atoms. The van der Waals surface area contributed by atoms with Crippen LogP contribution in [0.3, 0.4) is 0 Å². The molecule has 3 rings (SSSR count). The average molecular weight is 366 g/mol. The molecule has 3 aromatic rings. The van der Waals surface area contributed by atoms with E-state index >= 15 is 0 Å². The van der Waals surface area contributed by atoms with Crippen molar-refractivity contribution in [3.63, 3.8) is 0 Å². The fraction of sp³-hybridized carbons (Fsp3) is 0.238. The number of nitrogens with zero attached hydrogens (tertiary/aromatic N) is 1. The lowest BCUT2D eigenvalue weighted by atomic mass is 9.88. The number of benzene rings is 2. The number of hydrogen-bond acceptors (Lipinski definition) is 4. The van der Waals surface area contributed by atoms with Gasteiger partial charge < -0.3 is 10.1 Å². The van der Waals surface area contributed by atoms with Gasteiger partial charge in [0.2, 0.25) is 0 Å². The molecule has 4 nitrogen and oxygen atoms in total. The van der Waals surface area contributed by atoms with Crippen LogP contribution in [0, 0.1) is 0 Å². The summed E-state index contributed by atoms with van der Waals surface area (Å²) < 4.78 is 5.05. The molecule has 1 N–H and O–H groups in total. The van der Waals surface area contributed by atoms with Crippen molar-refractivity contribution in [3.8, 4) is 0 Å². The molecule has 0 aliphatic rings. The van der Waals surface area contributed by atoms with E-state index in [0.717, 1.165) is 11.4 Å². The maximum Gasteiger partial charge on any atom is 0.270 e. The lowest BCUT2D eigenvalue weighted by Crippen LogP contribution is -2.26. The zero-order chi connectivity index (χ0) is 18.2. The summed E-state index contributed by atoms with van der Waals surface area (Å²) in [4.78, 5) is 16.6. The smallest absolute Gasteiger partial charge is 0.270 e. The van der Waals surface area contributed by atoms with Crippen molar-refractivity contribution in [2.45, 2.75) is 18.9 Å².